The van der Waals surface area contributed by atoms with Crippen LogP contribution in [0.2, 0.25) is 10.0 Å². The molecular formula is C20H21Cl2N5O5. The lowest BCUT2D eigenvalue weighted by molar-refractivity contribution is -0.139. The van der Waals surface area contributed by atoms with Gasteiger partial charge in [0.1, 0.15) is 11.9 Å². The molecule has 0 aliphatic carbocycles. The Morgan fingerprint density at radius 3 is 2.34 bits per heavy atom. The SMILES string of the molecule is O=C(Nc1ccn(C[C@H](NC(=O)N2CCCCC2)C(=O)O)c(=O)n1)c1c(Cl)cccc1Cl. The van der Waals surface area contributed by atoms with E-state index in [-0.39, 0.29) is 28.0 Å². The van der Waals surface area contributed by atoms with Gasteiger partial charge in [-0.05, 0) is 37.5 Å². The summed E-state index contributed by atoms with van der Waals surface area (Å²) in [5, 5.41) is 14.6. The van der Waals surface area contributed by atoms with Gasteiger partial charge in [0.05, 0.1) is 22.2 Å². The van der Waals surface area contributed by atoms with Gasteiger partial charge in [-0.25, -0.2) is 14.4 Å². The Bertz CT molecular complexity index is 1060. The van der Waals surface area contributed by atoms with Crippen molar-refractivity contribution in [3.63, 3.8) is 0 Å². The molecule has 0 bridgehead atoms. The molecule has 1 aliphatic rings. The molecular weight excluding hydrogens is 461 g/mol. The minimum absolute atomic E-state index is 0.0354. The highest BCUT2D eigenvalue weighted by molar-refractivity contribution is 6.40. The molecule has 0 spiro atoms. The molecule has 2 aromatic rings. The summed E-state index contributed by atoms with van der Waals surface area (Å²) >= 11 is 12.0. The zero-order valence-electron chi connectivity index (χ0n) is 16.9. The number of amides is 3. The minimum Gasteiger partial charge on any atom is -0.480 e. The Morgan fingerprint density at radius 2 is 1.75 bits per heavy atom. The minimum atomic E-state index is -1.33. The van der Waals surface area contributed by atoms with Crippen molar-refractivity contribution in [2.24, 2.45) is 0 Å². The quantitative estimate of drug-likeness (QED) is 0.579. The van der Waals surface area contributed by atoms with E-state index in [1.165, 1.54) is 24.4 Å². The van der Waals surface area contributed by atoms with Crippen LogP contribution < -0.4 is 16.3 Å². The van der Waals surface area contributed by atoms with Crippen molar-refractivity contribution in [2.45, 2.75) is 31.8 Å². The number of hydrogen-bond donors (Lipinski definition) is 3. The fourth-order valence-electron chi connectivity index (χ4n) is 3.25. The maximum Gasteiger partial charge on any atom is 0.349 e. The zero-order valence-corrected chi connectivity index (χ0v) is 18.4. The Labute approximate surface area is 193 Å². The number of aromatic nitrogens is 2. The molecule has 0 saturated carbocycles. The molecule has 1 saturated heterocycles. The van der Waals surface area contributed by atoms with Crippen molar-refractivity contribution < 1.29 is 19.5 Å². The molecule has 3 rings (SSSR count). The highest BCUT2D eigenvalue weighted by Crippen LogP contribution is 2.24. The van der Waals surface area contributed by atoms with E-state index in [9.17, 15) is 24.3 Å². The van der Waals surface area contributed by atoms with Crippen LogP contribution in [0, 0.1) is 0 Å². The second kappa shape index (κ2) is 10.5. The molecule has 32 heavy (non-hydrogen) atoms. The van der Waals surface area contributed by atoms with Gasteiger partial charge in [-0.1, -0.05) is 29.3 Å². The summed E-state index contributed by atoms with van der Waals surface area (Å²) in [5.74, 6) is -1.99. The molecule has 1 aromatic heterocycles. The maximum absolute atomic E-state index is 12.4. The number of carbonyl (C=O) groups excluding carboxylic acids is 2. The second-order valence-electron chi connectivity index (χ2n) is 7.19. The summed E-state index contributed by atoms with van der Waals surface area (Å²) in [6.07, 6.45) is 4.03. The summed E-state index contributed by atoms with van der Waals surface area (Å²) in [5.41, 5.74) is -0.764. The zero-order chi connectivity index (χ0) is 23.3. The third-order valence-corrected chi connectivity index (χ3v) is 5.55. The first kappa shape index (κ1) is 23.6. The van der Waals surface area contributed by atoms with Crippen LogP contribution in [0.5, 0.6) is 0 Å². The lowest BCUT2D eigenvalue weighted by atomic mass is 10.1. The normalized spacial score (nSPS) is 14.5. The van der Waals surface area contributed by atoms with E-state index in [1.807, 2.05) is 0 Å². The van der Waals surface area contributed by atoms with Crippen LogP contribution in [0.1, 0.15) is 29.6 Å². The molecule has 170 valence electrons. The molecule has 1 atom stereocenters. The number of carbonyl (C=O) groups is 3. The molecule has 0 unspecified atom stereocenters. The molecule has 3 N–H and O–H groups in total. The van der Waals surface area contributed by atoms with Gasteiger partial charge >= 0.3 is 17.7 Å². The predicted molar refractivity (Wildman–Crippen MR) is 118 cm³/mol. The highest BCUT2D eigenvalue weighted by atomic mass is 35.5. The van der Waals surface area contributed by atoms with Crippen LogP contribution in [0.15, 0.2) is 35.3 Å². The summed E-state index contributed by atoms with van der Waals surface area (Å²) in [4.78, 5) is 54.1. The number of piperidine rings is 1. The number of likely N-dealkylation sites (tertiary alicyclic amines) is 1. The monoisotopic (exact) mass is 481 g/mol. The first-order valence-corrected chi connectivity index (χ1v) is 10.6. The molecule has 3 amide bonds. The largest absolute Gasteiger partial charge is 0.480 e. The van der Waals surface area contributed by atoms with E-state index in [0.717, 1.165) is 23.8 Å². The third-order valence-electron chi connectivity index (χ3n) is 4.92. The smallest absolute Gasteiger partial charge is 0.349 e. The van der Waals surface area contributed by atoms with Gasteiger partial charge in [-0.2, -0.15) is 4.98 Å². The van der Waals surface area contributed by atoms with Crippen molar-refractivity contribution in [3.05, 3.63) is 56.6 Å². The number of carboxylic acids is 1. The first-order valence-electron chi connectivity index (χ1n) is 9.87. The van der Waals surface area contributed by atoms with Crippen molar-refractivity contribution in [1.29, 1.82) is 0 Å². The molecule has 0 radical (unpaired) electrons. The van der Waals surface area contributed by atoms with Gasteiger partial charge in [0.25, 0.3) is 5.91 Å². The van der Waals surface area contributed by atoms with Gasteiger partial charge < -0.3 is 20.6 Å². The Morgan fingerprint density at radius 1 is 1.09 bits per heavy atom. The number of carboxylic acid groups (broad SMARTS) is 1. The average molecular weight is 482 g/mol. The summed E-state index contributed by atoms with van der Waals surface area (Å²) in [6, 6.07) is 4.10. The first-order chi connectivity index (χ1) is 15.3. The summed E-state index contributed by atoms with van der Waals surface area (Å²) in [6.45, 7) is 0.790. The Kier molecular flexibility index (Phi) is 7.70. The van der Waals surface area contributed by atoms with E-state index < -0.39 is 29.6 Å². The number of rotatable bonds is 6. The fourth-order valence-corrected chi connectivity index (χ4v) is 3.82. The predicted octanol–water partition coefficient (Wildman–Crippen LogP) is 2.45. The van der Waals surface area contributed by atoms with Crippen LogP contribution in [-0.2, 0) is 11.3 Å². The molecule has 1 aromatic carbocycles. The van der Waals surface area contributed by atoms with Crippen LogP contribution in [-0.4, -0.2) is 56.6 Å². The van der Waals surface area contributed by atoms with E-state index in [0.29, 0.717) is 13.1 Å². The maximum atomic E-state index is 12.4. The highest BCUT2D eigenvalue weighted by Gasteiger charge is 2.25. The Hall–Kier alpha value is -3.11. The molecule has 12 heteroatoms. The topological polar surface area (TPSA) is 134 Å². The van der Waals surface area contributed by atoms with Gasteiger partial charge in [0, 0.05) is 19.3 Å². The molecule has 1 fully saturated rings. The number of anilines is 1. The van der Waals surface area contributed by atoms with E-state index in [1.54, 1.807) is 11.0 Å². The molecule has 10 nitrogen and oxygen atoms in total. The number of urea groups is 1. The second-order valence-corrected chi connectivity index (χ2v) is 8.00. The lowest BCUT2D eigenvalue weighted by Crippen LogP contribution is -2.51. The van der Waals surface area contributed by atoms with Gasteiger partial charge in [-0.3, -0.25) is 9.36 Å². The number of hydrogen-bond acceptors (Lipinski definition) is 5. The standard InChI is InChI=1S/C20H21Cl2N5O5/c21-12-5-4-6-13(22)16(12)17(28)24-15-7-10-27(20(32)25-15)11-14(18(29)30)23-19(31)26-8-2-1-3-9-26/h4-7,10,14H,1-3,8-9,11H2,(H,23,31)(H,29,30)(H,24,25,28,32)/t14-/m0/s1. The summed E-state index contributed by atoms with van der Waals surface area (Å²) < 4.78 is 1.04. The fraction of sp³-hybridized carbons (Fsp3) is 0.350. The number of halogens is 2. The van der Waals surface area contributed by atoms with Crippen LogP contribution in [0.25, 0.3) is 0 Å². The van der Waals surface area contributed by atoms with Crippen LogP contribution >= 0.6 is 23.2 Å². The van der Waals surface area contributed by atoms with Gasteiger partial charge in [-0.15, -0.1) is 0 Å². The average Bonchev–Trinajstić information content (AvgIpc) is 2.75. The van der Waals surface area contributed by atoms with Gasteiger partial charge in [0.2, 0.25) is 0 Å². The van der Waals surface area contributed by atoms with E-state index >= 15 is 0 Å². The molecule has 1 aliphatic heterocycles. The number of nitrogens with one attached hydrogen (secondary N) is 2. The number of benzene rings is 1. The van der Waals surface area contributed by atoms with Crippen molar-refractivity contribution in [3.8, 4) is 0 Å². The summed E-state index contributed by atoms with van der Waals surface area (Å²) in [7, 11) is 0. The lowest BCUT2D eigenvalue weighted by Gasteiger charge is -2.28. The van der Waals surface area contributed by atoms with Crippen molar-refractivity contribution in [1.82, 2.24) is 19.8 Å². The Balaban J connectivity index is 1.69. The van der Waals surface area contributed by atoms with E-state index in [2.05, 4.69) is 15.6 Å². The molecule has 2 heterocycles. The van der Waals surface area contributed by atoms with Crippen molar-refractivity contribution in [2.75, 3.05) is 18.4 Å². The van der Waals surface area contributed by atoms with Crippen LogP contribution in [0.4, 0.5) is 10.6 Å². The van der Waals surface area contributed by atoms with Crippen molar-refractivity contribution >= 4 is 46.9 Å². The third kappa shape index (κ3) is 5.77. The van der Waals surface area contributed by atoms with E-state index in [4.69, 9.17) is 23.2 Å². The van der Waals surface area contributed by atoms with Crippen LogP contribution in [0.3, 0.4) is 0 Å². The number of nitrogens with zero attached hydrogens (tertiary/aromatic N) is 3. The van der Waals surface area contributed by atoms with Gasteiger partial charge in [0.15, 0.2) is 0 Å². The number of aliphatic carboxylic acids is 1.